The fraction of sp³-hybridized carbons (Fsp3) is 0.200. The van der Waals surface area contributed by atoms with Gasteiger partial charge in [-0.05, 0) is 43.2 Å². The molecular formula is C20H20N4O2. The smallest absolute Gasteiger partial charge is 0.240 e. The number of pyridine rings is 1. The summed E-state index contributed by atoms with van der Waals surface area (Å²) in [4.78, 5) is 11.9. The van der Waals surface area contributed by atoms with Gasteiger partial charge in [0.1, 0.15) is 0 Å². The van der Waals surface area contributed by atoms with Gasteiger partial charge in [-0.1, -0.05) is 19.9 Å². The number of aryl methyl sites for hydroxylation is 1. The number of hydrogen-bond donors (Lipinski definition) is 3. The lowest BCUT2D eigenvalue weighted by Gasteiger charge is -2.13. The van der Waals surface area contributed by atoms with Gasteiger partial charge in [-0.25, -0.2) is 4.98 Å². The van der Waals surface area contributed by atoms with Crippen LogP contribution in [0.1, 0.15) is 31.0 Å². The van der Waals surface area contributed by atoms with Gasteiger partial charge in [-0.2, -0.15) is 0 Å². The van der Waals surface area contributed by atoms with E-state index >= 15 is 0 Å². The summed E-state index contributed by atoms with van der Waals surface area (Å²) in [5.74, 6) is -0.288. The number of nitrogens with one attached hydrogen (secondary N) is 1. The second-order valence-electron chi connectivity index (χ2n) is 6.69. The molecule has 0 spiro atoms. The lowest BCUT2D eigenvalue weighted by molar-refractivity contribution is 0.384. The van der Waals surface area contributed by atoms with Gasteiger partial charge in [0.15, 0.2) is 5.75 Å². The molecule has 0 aliphatic carbocycles. The van der Waals surface area contributed by atoms with Crippen LogP contribution in [0.2, 0.25) is 0 Å². The van der Waals surface area contributed by atoms with Crippen molar-refractivity contribution in [3.63, 3.8) is 0 Å². The Kier molecular flexibility index (Phi) is 3.68. The highest BCUT2D eigenvalue weighted by molar-refractivity contribution is 5.79. The van der Waals surface area contributed by atoms with Crippen molar-refractivity contribution in [2.24, 2.45) is 0 Å². The summed E-state index contributed by atoms with van der Waals surface area (Å²) < 4.78 is 1.65. The van der Waals surface area contributed by atoms with E-state index < -0.39 is 0 Å². The molecule has 3 aromatic heterocycles. The maximum Gasteiger partial charge on any atom is 0.240 e. The zero-order chi connectivity index (χ0) is 18.4. The second-order valence-corrected chi connectivity index (χ2v) is 6.69. The van der Waals surface area contributed by atoms with E-state index in [0.29, 0.717) is 17.0 Å². The lowest BCUT2D eigenvalue weighted by atomic mass is 10.0. The molecule has 26 heavy (non-hydrogen) atoms. The average molecular weight is 348 g/mol. The highest BCUT2D eigenvalue weighted by Crippen LogP contribution is 2.46. The summed E-state index contributed by atoms with van der Waals surface area (Å²) in [5.41, 5.74) is 5.35. The lowest BCUT2D eigenvalue weighted by Crippen LogP contribution is -2.01. The van der Waals surface area contributed by atoms with E-state index in [0.717, 1.165) is 22.4 Å². The van der Waals surface area contributed by atoms with Gasteiger partial charge in [-0.15, -0.1) is 0 Å². The minimum absolute atomic E-state index is 0.00958. The molecule has 0 radical (unpaired) electrons. The van der Waals surface area contributed by atoms with Crippen LogP contribution in [-0.4, -0.2) is 29.7 Å². The molecule has 0 amide bonds. The van der Waals surface area contributed by atoms with Crippen LogP contribution in [-0.2, 0) is 0 Å². The predicted molar refractivity (Wildman–Crippen MR) is 101 cm³/mol. The van der Waals surface area contributed by atoms with E-state index in [1.807, 2.05) is 57.2 Å². The van der Waals surface area contributed by atoms with E-state index in [9.17, 15) is 10.2 Å². The fourth-order valence-corrected chi connectivity index (χ4v) is 3.35. The molecule has 6 nitrogen and oxygen atoms in total. The number of aromatic hydroxyl groups is 2. The Bertz CT molecular complexity index is 1110. The molecule has 0 atom stereocenters. The van der Waals surface area contributed by atoms with Gasteiger partial charge < -0.3 is 15.2 Å². The zero-order valence-corrected chi connectivity index (χ0v) is 14.9. The van der Waals surface area contributed by atoms with Crippen LogP contribution in [0.3, 0.4) is 0 Å². The van der Waals surface area contributed by atoms with Crippen molar-refractivity contribution in [2.45, 2.75) is 26.7 Å². The van der Waals surface area contributed by atoms with Crippen LogP contribution in [0.15, 0.2) is 42.7 Å². The van der Waals surface area contributed by atoms with Crippen molar-refractivity contribution >= 4 is 11.0 Å². The first-order valence-corrected chi connectivity index (χ1v) is 8.51. The Hall–Kier alpha value is -3.28. The SMILES string of the molecule is Cc1cccc(-c2c(C(C)C)c(O)c(O)n2-c2ccc3nc[nH]c3c2)n1. The largest absolute Gasteiger partial charge is 0.503 e. The van der Waals surface area contributed by atoms with Gasteiger partial charge in [0.2, 0.25) is 5.88 Å². The summed E-state index contributed by atoms with van der Waals surface area (Å²) in [6, 6.07) is 11.4. The quantitative estimate of drug-likeness (QED) is 0.516. The molecule has 4 aromatic rings. The molecule has 3 heterocycles. The minimum atomic E-state index is -0.189. The van der Waals surface area contributed by atoms with E-state index in [1.165, 1.54) is 0 Å². The Morgan fingerprint density at radius 3 is 2.65 bits per heavy atom. The Morgan fingerprint density at radius 2 is 1.92 bits per heavy atom. The van der Waals surface area contributed by atoms with Gasteiger partial charge in [0.05, 0.1) is 34.4 Å². The first-order chi connectivity index (χ1) is 12.5. The number of rotatable bonds is 3. The summed E-state index contributed by atoms with van der Waals surface area (Å²) in [5, 5.41) is 21.3. The van der Waals surface area contributed by atoms with Crippen LogP contribution in [0.5, 0.6) is 11.6 Å². The third kappa shape index (κ3) is 2.42. The molecule has 0 aliphatic heterocycles. The number of H-pyrrole nitrogens is 1. The van der Waals surface area contributed by atoms with E-state index in [-0.39, 0.29) is 17.5 Å². The number of nitrogens with zero attached hydrogens (tertiary/aromatic N) is 3. The summed E-state index contributed by atoms with van der Waals surface area (Å²) >= 11 is 0. The number of aromatic nitrogens is 4. The van der Waals surface area contributed by atoms with Gasteiger partial charge >= 0.3 is 0 Å². The topological polar surface area (TPSA) is 87.0 Å². The van der Waals surface area contributed by atoms with Gasteiger partial charge in [-0.3, -0.25) is 9.55 Å². The number of imidazole rings is 1. The number of hydrogen-bond acceptors (Lipinski definition) is 4. The predicted octanol–water partition coefficient (Wildman–Crippen LogP) is 4.26. The van der Waals surface area contributed by atoms with Crippen LogP contribution < -0.4 is 0 Å². The molecular weight excluding hydrogens is 328 g/mol. The van der Waals surface area contributed by atoms with Gasteiger partial charge in [0.25, 0.3) is 0 Å². The minimum Gasteiger partial charge on any atom is -0.503 e. The van der Waals surface area contributed by atoms with Crippen LogP contribution in [0, 0.1) is 6.92 Å². The average Bonchev–Trinajstić information content (AvgIpc) is 3.17. The first kappa shape index (κ1) is 16.2. The van der Waals surface area contributed by atoms with Gasteiger partial charge in [0, 0.05) is 11.3 Å². The molecule has 6 heteroatoms. The monoisotopic (exact) mass is 348 g/mol. The van der Waals surface area contributed by atoms with Crippen molar-refractivity contribution in [1.82, 2.24) is 19.5 Å². The van der Waals surface area contributed by atoms with E-state index in [1.54, 1.807) is 10.9 Å². The van der Waals surface area contributed by atoms with Crippen molar-refractivity contribution in [3.8, 4) is 28.7 Å². The third-order valence-corrected chi connectivity index (χ3v) is 4.53. The van der Waals surface area contributed by atoms with Crippen molar-refractivity contribution in [3.05, 3.63) is 54.0 Å². The van der Waals surface area contributed by atoms with Crippen molar-refractivity contribution < 1.29 is 10.2 Å². The molecule has 132 valence electrons. The van der Waals surface area contributed by atoms with Crippen LogP contribution in [0.25, 0.3) is 28.1 Å². The summed E-state index contributed by atoms with van der Waals surface area (Å²) in [6.07, 6.45) is 1.63. The normalized spacial score (nSPS) is 11.5. The van der Waals surface area contributed by atoms with E-state index in [2.05, 4.69) is 15.0 Å². The highest BCUT2D eigenvalue weighted by Gasteiger charge is 2.27. The first-order valence-electron chi connectivity index (χ1n) is 8.51. The Morgan fingerprint density at radius 1 is 1.12 bits per heavy atom. The highest BCUT2D eigenvalue weighted by atomic mass is 16.3. The number of benzene rings is 1. The fourth-order valence-electron chi connectivity index (χ4n) is 3.35. The molecule has 4 rings (SSSR count). The molecule has 0 aliphatic rings. The van der Waals surface area contributed by atoms with Crippen LogP contribution >= 0.6 is 0 Å². The molecule has 0 saturated heterocycles. The van der Waals surface area contributed by atoms with Crippen molar-refractivity contribution in [1.29, 1.82) is 0 Å². The number of fused-ring (bicyclic) bond motifs is 1. The maximum atomic E-state index is 10.7. The second kappa shape index (κ2) is 5.91. The molecule has 0 bridgehead atoms. The maximum absolute atomic E-state index is 10.7. The molecule has 0 fully saturated rings. The molecule has 0 saturated carbocycles. The summed E-state index contributed by atoms with van der Waals surface area (Å²) in [6.45, 7) is 5.88. The summed E-state index contributed by atoms with van der Waals surface area (Å²) in [7, 11) is 0. The zero-order valence-electron chi connectivity index (χ0n) is 14.9. The number of aromatic amines is 1. The molecule has 1 aromatic carbocycles. The van der Waals surface area contributed by atoms with Crippen LogP contribution in [0.4, 0.5) is 0 Å². The Labute approximate surface area is 150 Å². The molecule has 3 N–H and O–H groups in total. The molecule has 0 unspecified atom stereocenters. The van der Waals surface area contributed by atoms with E-state index in [4.69, 9.17) is 0 Å². The third-order valence-electron chi connectivity index (χ3n) is 4.53. The standard InChI is InChI=1S/C20H20N4O2/c1-11(2)17-18(15-6-4-5-12(3)23-15)24(20(26)19(17)25)13-7-8-14-16(9-13)22-10-21-14/h4-11,25-26H,1-3H3,(H,21,22). The Balaban J connectivity index is 2.06. The van der Waals surface area contributed by atoms with Crippen molar-refractivity contribution in [2.75, 3.05) is 0 Å².